The van der Waals surface area contributed by atoms with Crippen LogP contribution in [0.15, 0.2) is 48.5 Å². The van der Waals surface area contributed by atoms with Crippen molar-refractivity contribution in [1.29, 1.82) is 0 Å². The lowest BCUT2D eigenvalue weighted by molar-refractivity contribution is -0.385. The summed E-state index contributed by atoms with van der Waals surface area (Å²) in [5.74, 6) is 9.64. The van der Waals surface area contributed by atoms with Crippen molar-refractivity contribution in [2.24, 2.45) is 11.8 Å². The normalized spacial score (nSPS) is 9.75. The molecule has 0 aliphatic rings. The fourth-order valence-corrected chi connectivity index (χ4v) is 1.67. The van der Waals surface area contributed by atoms with Gasteiger partial charge in [-0.3, -0.25) is 29.9 Å². The second-order valence-corrected chi connectivity index (χ2v) is 4.47. The number of hydrogen-bond acceptors (Lipinski definition) is 8. The maximum absolute atomic E-state index is 10.3. The maximum Gasteiger partial charge on any atom is 0.269 e. The van der Waals surface area contributed by atoms with Gasteiger partial charge in [0.15, 0.2) is 0 Å². The molecular formula is C14H16N4O6. The number of non-ortho nitro benzene ring substituents is 2. The number of benzene rings is 2. The topological polar surface area (TPSA) is 157 Å². The summed E-state index contributed by atoms with van der Waals surface area (Å²) >= 11 is 0. The fraction of sp³-hybridized carbons (Fsp3) is 0.143. The van der Waals surface area contributed by atoms with E-state index in [1.165, 1.54) is 24.3 Å². The highest BCUT2D eigenvalue weighted by atomic mass is 16.6. The lowest BCUT2D eigenvalue weighted by atomic mass is 10.2. The van der Waals surface area contributed by atoms with E-state index in [9.17, 15) is 20.2 Å². The molecule has 0 aliphatic carbocycles. The van der Waals surface area contributed by atoms with Crippen LogP contribution in [-0.4, -0.2) is 9.85 Å². The van der Waals surface area contributed by atoms with Crippen molar-refractivity contribution in [1.82, 2.24) is 0 Å². The minimum Gasteiger partial charge on any atom is -0.300 e. The molecule has 2 aromatic rings. The van der Waals surface area contributed by atoms with E-state index in [2.05, 4.69) is 9.68 Å². The number of hydrogen-bond donors (Lipinski definition) is 2. The lowest BCUT2D eigenvalue weighted by Gasteiger charge is -1.97. The first-order valence-electron chi connectivity index (χ1n) is 6.58. The van der Waals surface area contributed by atoms with E-state index in [4.69, 9.17) is 11.8 Å². The van der Waals surface area contributed by atoms with Crippen molar-refractivity contribution >= 4 is 11.4 Å². The van der Waals surface area contributed by atoms with E-state index in [-0.39, 0.29) is 24.6 Å². The summed E-state index contributed by atoms with van der Waals surface area (Å²) < 4.78 is 0. The van der Waals surface area contributed by atoms with E-state index < -0.39 is 9.85 Å². The summed E-state index contributed by atoms with van der Waals surface area (Å²) in [5.41, 5.74) is 1.61. The summed E-state index contributed by atoms with van der Waals surface area (Å²) in [5, 5.41) is 20.5. The Bertz CT molecular complexity index is 677. The highest BCUT2D eigenvalue weighted by molar-refractivity contribution is 5.34. The number of nitro benzene ring substituents is 2. The number of nitrogens with two attached hydrogens (primary N) is 2. The Morgan fingerprint density at radius 2 is 1.33 bits per heavy atom. The van der Waals surface area contributed by atoms with Crippen LogP contribution in [0.5, 0.6) is 0 Å². The molecule has 0 aromatic heterocycles. The van der Waals surface area contributed by atoms with E-state index in [0.717, 1.165) is 5.56 Å². The Balaban J connectivity index is 0.000000240. The molecule has 2 aromatic carbocycles. The number of nitro groups is 2. The molecule has 0 saturated heterocycles. The largest absolute Gasteiger partial charge is 0.300 e. The van der Waals surface area contributed by atoms with Crippen molar-refractivity contribution < 1.29 is 19.5 Å². The maximum atomic E-state index is 10.3. The van der Waals surface area contributed by atoms with Gasteiger partial charge in [-0.15, -0.1) is 0 Å². The third-order valence-corrected chi connectivity index (χ3v) is 2.77. The van der Waals surface area contributed by atoms with Crippen molar-refractivity contribution in [3.8, 4) is 0 Å². The van der Waals surface area contributed by atoms with Crippen LogP contribution in [0.1, 0.15) is 11.1 Å². The average Bonchev–Trinajstić information content (AvgIpc) is 2.57. The van der Waals surface area contributed by atoms with Gasteiger partial charge >= 0.3 is 0 Å². The molecule has 10 nitrogen and oxygen atoms in total. The molecule has 0 atom stereocenters. The minimum atomic E-state index is -0.458. The molecule has 0 saturated carbocycles. The number of rotatable bonds is 6. The molecule has 24 heavy (non-hydrogen) atoms. The molecule has 0 radical (unpaired) electrons. The van der Waals surface area contributed by atoms with Crippen molar-refractivity contribution in [2.75, 3.05) is 0 Å². The van der Waals surface area contributed by atoms with Gasteiger partial charge in [-0.1, -0.05) is 12.1 Å². The van der Waals surface area contributed by atoms with Gasteiger partial charge in [0.05, 0.1) is 23.1 Å². The Kier molecular flexibility index (Phi) is 7.94. The minimum absolute atomic E-state index is 0.0459. The molecule has 0 heterocycles. The molecule has 128 valence electrons. The highest BCUT2D eigenvalue weighted by Gasteiger charge is 2.04. The third kappa shape index (κ3) is 6.46. The van der Waals surface area contributed by atoms with Crippen LogP contribution in [0.3, 0.4) is 0 Å². The average molecular weight is 336 g/mol. The zero-order valence-corrected chi connectivity index (χ0v) is 12.5. The smallest absolute Gasteiger partial charge is 0.269 e. The molecule has 0 aliphatic heterocycles. The Hall–Kier alpha value is -2.92. The molecule has 10 heteroatoms. The predicted molar refractivity (Wildman–Crippen MR) is 84.1 cm³/mol. The van der Waals surface area contributed by atoms with E-state index >= 15 is 0 Å². The van der Waals surface area contributed by atoms with Gasteiger partial charge in [-0.25, -0.2) is 11.8 Å². The Morgan fingerprint density at radius 1 is 0.792 bits per heavy atom. The zero-order valence-electron chi connectivity index (χ0n) is 12.5. The van der Waals surface area contributed by atoms with Crippen LogP contribution in [0.4, 0.5) is 11.4 Å². The van der Waals surface area contributed by atoms with Gasteiger partial charge in [-0.05, 0) is 23.3 Å². The first kappa shape index (κ1) is 19.1. The van der Waals surface area contributed by atoms with Crippen molar-refractivity contribution in [3.63, 3.8) is 0 Å². The lowest BCUT2D eigenvalue weighted by Crippen LogP contribution is -1.99. The molecule has 0 fully saturated rings. The molecule has 0 amide bonds. The van der Waals surface area contributed by atoms with Crippen molar-refractivity contribution in [3.05, 3.63) is 79.9 Å². The second-order valence-electron chi connectivity index (χ2n) is 4.47. The van der Waals surface area contributed by atoms with Crippen LogP contribution in [0.2, 0.25) is 0 Å². The van der Waals surface area contributed by atoms with Gasteiger partial charge in [0.2, 0.25) is 0 Å². The Labute approximate surface area is 136 Å². The first-order chi connectivity index (χ1) is 11.5. The molecule has 0 unspecified atom stereocenters. The third-order valence-electron chi connectivity index (χ3n) is 2.77. The van der Waals surface area contributed by atoms with Gasteiger partial charge in [0, 0.05) is 24.3 Å². The van der Waals surface area contributed by atoms with E-state index in [1.807, 2.05) is 0 Å². The van der Waals surface area contributed by atoms with Crippen LogP contribution in [0.25, 0.3) is 0 Å². The molecule has 0 bridgehead atoms. The van der Waals surface area contributed by atoms with Crippen molar-refractivity contribution in [2.45, 2.75) is 13.2 Å². The molecular weight excluding hydrogens is 320 g/mol. The zero-order chi connectivity index (χ0) is 17.9. The predicted octanol–water partition coefficient (Wildman–Crippen LogP) is 1.97. The highest BCUT2D eigenvalue weighted by Crippen LogP contribution is 2.13. The standard InChI is InChI=1S/2C7H8N2O3/c8-12-5-6-1-3-7(4-2-6)9(10)11;8-12-5-6-2-1-3-7(4-6)9(10)11/h2*1-4H,5,8H2. The van der Waals surface area contributed by atoms with Crippen LogP contribution < -0.4 is 11.8 Å². The Morgan fingerprint density at radius 3 is 1.83 bits per heavy atom. The fourth-order valence-electron chi connectivity index (χ4n) is 1.67. The van der Waals surface area contributed by atoms with E-state index in [0.29, 0.717) is 5.56 Å². The van der Waals surface area contributed by atoms with Gasteiger partial charge in [-0.2, -0.15) is 0 Å². The summed E-state index contributed by atoms with van der Waals surface area (Å²) in [7, 11) is 0. The number of nitrogens with zero attached hydrogens (tertiary/aromatic N) is 2. The SMILES string of the molecule is NOCc1ccc([N+](=O)[O-])cc1.NOCc1cccc([N+](=O)[O-])c1. The quantitative estimate of drug-likeness (QED) is 0.598. The van der Waals surface area contributed by atoms with Gasteiger partial charge in [0.25, 0.3) is 11.4 Å². The van der Waals surface area contributed by atoms with Gasteiger partial charge < -0.3 is 0 Å². The second kappa shape index (κ2) is 9.97. The molecule has 2 rings (SSSR count). The summed E-state index contributed by atoms with van der Waals surface area (Å²) in [4.78, 5) is 28.3. The van der Waals surface area contributed by atoms with E-state index in [1.54, 1.807) is 24.3 Å². The summed E-state index contributed by atoms with van der Waals surface area (Å²) in [6.45, 7) is 0.444. The van der Waals surface area contributed by atoms with Gasteiger partial charge in [0.1, 0.15) is 0 Å². The first-order valence-corrected chi connectivity index (χ1v) is 6.58. The summed E-state index contributed by atoms with van der Waals surface area (Å²) in [6.07, 6.45) is 0. The van der Waals surface area contributed by atoms with Crippen LogP contribution in [0, 0.1) is 20.2 Å². The monoisotopic (exact) mass is 336 g/mol. The van der Waals surface area contributed by atoms with Crippen LogP contribution in [-0.2, 0) is 22.9 Å². The summed E-state index contributed by atoms with van der Waals surface area (Å²) in [6, 6.07) is 12.2. The molecule has 4 N–H and O–H groups in total. The molecule has 0 spiro atoms. The van der Waals surface area contributed by atoms with Crippen LogP contribution >= 0.6 is 0 Å².